The van der Waals surface area contributed by atoms with Crippen LogP contribution in [0.5, 0.6) is 0 Å². The Morgan fingerprint density at radius 1 is 1.53 bits per heavy atom. The van der Waals surface area contributed by atoms with Crippen molar-refractivity contribution in [1.82, 2.24) is 9.80 Å². The lowest BCUT2D eigenvalue weighted by Crippen LogP contribution is -2.52. The van der Waals surface area contributed by atoms with Gasteiger partial charge in [-0.3, -0.25) is 4.90 Å². The predicted octanol–water partition coefficient (Wildman–Crippen LogP) is 2.84. The fraction of sp³-hybridized carbons (Fsp3) is 0.714. The number of nitrogens with two attached hydrogens (primary N) is 1. The maximum Gasteiger partial charge on any atom is 0.0565 e. The monoisotopic (exact) mass is 345 g/mol. The lowest BCUT2D eigenvalue weighted by atomic mass is 10.1. The van der Waals surface area contributed by atoms with Gasteiger partial charge in [0.2, 0.25) is 0 Å². The Labute approximate surface area is 128 Å². The van der Waals surface area contributed by atoms with Gasteiger partial charge < -0.3 is 10.6 Å². The number of likely N-dealkylation sites (N-methyl/N-ethyl adjacent to an activating group) is 1. The molecule has 1 fully saturated rings. The largest absolute Gasteiger partial charge is 0.329 e. The Kier molecular flexibility index (Phi) is 5.43. The van der Waals surface area contributed by atoms with E-state index in [-0.39, 0.29) is 0 Å². The molecule has 0 aliphatic carbocycles. The number of aryl methyl sites for hydroxylation is 1. The van der Waals surface area contributed by atoms with E-state index in [1.165, 1.54) is 20.6 Å². The molecule has 0 aromatic carbocycles. The van der Waals surface area contributed by atoms with E-state index in [0.29, 0.717) is 18.6 Å². The van der Waals surface area contributed by atoms with E-state index < -0.39 is 0 Å². The number of hydrogen-bond donors (Lipinski definition) is 1. The third-order valence-corrected chi connectivity index (χ3v) is 6.39. The minimum Gasteiger partial charge on any atom is -0.329 e. The zero-order valence-electron chi connectivity index (χ0n) is 12.0. The van der Waals surface area contributed by atoms with E-state index in [0.717, 1.165) is 19.6 Å². The smallest absolute Gasteiger partial charge is 0.0565 e. The number of thiophene rings is 1. The van der Waals surface area contributed by atoms with Crippen molar-refractivity contribution in [3.05, 3.63) is 20.3 Å². The molecule has 1 aliphatic heterocycles. The first-order valence-corrected chi connectivity index (χ1v) is 8.58. The molecule has 0 amide bonds. The molecule has 2 unspecified atom stereocenters. The standard InChI is InChI=1S/C14H24BrN3S/c1-4-11-9-18(6-5-17(11)3)13(8-16)14-7-12(15)10(2)19-14/h7,11,13H,4-6,8-9,16H2,1-3H3. The highest BCUT2D eigenvalue weighted by molar-refractivity contribution is 9.10. The van der Waals surface area contributed by atoms with Crippen molar-refractivity contribution in [3.8, 4) is 0 Å². The maximum absolute atomic E-state index is 6.05. The first-order valence-electron chi connectivity index (χ1n) is 6.97. The summed E-state index contributed by atoms with van der Waals surface area (Å²) >= 11 is 5.48. The topological polar surface area (TPSA) is 32.5 Å². The molecule has 0 spiro atoms. The lowest BCUT2D eigenvalue weighted by Gasteiger charge is -2.42. The van der Waals surface area contributed by atoms with E-state index in [1.807, 2.05) is 11.3 Å². The van der Waals surface area contributed by atoms with Crippen molar-refractivity contribution in [3.63, 3.8) is 0 Å². The zero-order chi connectivity index (χ0) is 14.0. The van der Waals surface area contributed by atoms with Crippen LogP contribution in [0.1, 0.15) is 29.1 Å². The molecule has 1 aliphatic rings. The van der Waals surface area contributed by atoms with E-state index >= 15 is 0 Å². The maximum atomic E-state index is 6.05. The SMILES string of the molecule is CCC1CN(C(CN)c2cc(Br)c(C)s2)CCN1C. The van der Waals surface area contributed by atoms with Gasteiger partial charge in [0.15, 0.2) is 0 Å². The quantitative estimate of drug-likeness (QED) is 0.910. The summed E-state index contributed by atoms with van der Waals surface area (Å²) < 4.78 is 1.21. The van der Waals surface area contributed by atoms with Crippen LogP contribution in [0.3, 0.4) is 0 Å². The number of hydrogen-bond acceptors (Lipinski definition) is 4. The van der Waals surface area contributed by atoms with Crippen LogP contribution in [0, 0.1) is 6.92 Å². The van der Waals surface area contributed by atoms with Crippen molar-refractivity contribution in [2.45, 2.75) is 32.4 Å². The molecule has 2 heterocycles. The third kappa shape index (κ3) is 3.39. The first-order chi connectivity index (χ1) is 9.06. The fourth-order valence-electron chi connectivity index (χ4n) is 2.78. The van der Waals surface area contributed by atoms with Crippen molar-refractivity contribution < 1.29 is 0 Å². The predicted molar refractivity (Wildman–Crippen MR) is 86.8 cm³/mol. The molecule has 1 aromatic heterocycles. The minimum absolute atomic E-state index is 0.373. The molecule has 1 saturated heterocycles. The molecule has 19 heavy (non-hydrogen) atoms. The minimum atomic E-state index is 0.373. The van der Waals surface area contributed by atoms with Gasteiger partial charge in [-0.15, -0.1) is 11.3 Å². The van der Waals surface area contributed by atoms with Gasteiger partial charge in [-0.1, -0.05) is 6.92 Å². The van der Waals surface area contributed by atoms with Crippen LogP contribution < -0.4 is 5.73 Å². The highest BCUT2D eigenvalue weighted by Crippen LogP contribution is 2.33. The molecule has 1 aromatic rings. The Morgan fingerprint density at radius 3 is 2.79 bits per heavy atom. The van der Waals surface area contributed by atoms with Gasteiger partial charge in [-0.2, -0.15) is 0 Å². The lowest BCUT2D eigenvalue weighted by molar-refractivity contribution is 0.0654. The van der Waals surface area contributed by atoms with Crippen LogP contribution in [-0.4, -0.2) is 49.1 Å². The highest BCUT2D eigenvalue weighted by atomic mass is 79.9. The molecule has 3 nitrogen and oxygen atoms in total. The molecule has 5 heteroatoms. The van der Waals surface area contributed by atoms with Gasteiger partial charge in [-0.05, 0) is 42.4 Å². The van der Waals surface area contributed by atoms with E-state index in [4.69, 9.17) is 5.73 Å². The second-order valence-corrected chi connectivity index (χ2v) is 7.48. The summed E-state index contributed by atoms with van der Waals surface area (Å²) in [7, 11) is 2.23. The number of halogens is 1. The van der Waals surface area contributed by atoms with Crippen molar-refractivity contribution >= 4 is 27.3 Å². The summed E-state index contributed by atoms with van der Waals surface area (Å²) in [4.78, 5) is 7.77. The molecular weight excluding hydrogens is 322 g/mol. The third-order valence-electron chi connectivity index (χ3n) is 4.15. The molecule has 0 saturated carbocycles. The number of nitrogens with zero attached hydrogens (tertiary/aromatic N) is 2. The van der Waals surface area contributed by atoms with E-state index in [9.17, 15) is 0 Å². The summed E-state index contributed by atoms with van der Waals surface area (Å²) in [6.45, 7) is 8.51. The zero-order valence-corrected chi connectivity index (χ0v) is 14.4. The molecule has 2 atom stereocenters. The van der Waals surface area contributed by atoms with Crippen molar-refractivity contribution in [2.75, 3.05) is 33.2 Å². The molecule has 2 rings (SSSR count). The van der Waals surface area contributed by atoms with E-state index in [1.54, 1.807) is 0 Å². The van der Waals surface area contributed by atoms with Gasteiger partial charge in [0, 0.05) is 46.4 Å². The Hall–Kier alpha value is 0.0600. The van der Waals surface area contributed by atoms with Crippen LogP contribution in [0.15, 0.2) is 10.5 Å². The second kappa shape index (κ2) is 6.68. The normalized spacial score (nSPS) is 23.7. The molecule has 0 bridgehead atoms. The fourth-order valence-corrected chi connectivity index (χ4v) is 4.49. The molecule has 108 valence electrons. The molecule has 0 radical (unpaired) electrons. The Balaban J connectivity index is 2.13. The van der Waals surface area contributed by atoms with Gasteiger partial charge in [0.1, 0.15) is 0 Å². The van der Waals surface area contributed by atoms with Crippen LogP contribution in [-0.2, 0) is 0 Å². The summed E-state index contributed by atoms with van der Waals surface area (Å²) in [6, 6.07) is 3.28. The first kappa shape index (κ1) is 15.4. The summed E-state index contributed by atoms with van der Waals surface area (Å²) in [5, 5.41) is 0. The van der Waals surface area contributed by atoms with Crippen LogP contribution in [0.4, 0.5) is 0 Å². The second-order valence-electron chi connectivity index (χ2n) is 5.34. The molecule has 2 N–H and O–H groups in total. The van der Waals surface area contributed by atoms with Crippen LogP contribution in [0.2, 0.25) is 0 Å². The van der Waals surface area contributed by atoms with Crippen molar-refractivity contribution in [2.24, 2.45) is 5.73 Å². The van der Waals surface area contributed by atoms with Crippen LogP contribution in [0.25, 0.3) is 0 Å². The summed E-state index contributed by atoms with van der Waals surface area (Å²) in [5.74, 6) is 0. The summed E-state index contributed by atoms with van der Waals surface area (Å²) in [5.41, 5.74) is 6.05. The average molecular weight is 346 g/mol. The average Bonchev–Trinajstić information content (AvgIpc) is 2.72. The van der Waals surface area contributed by atoms with Gasteiger partial charge >= 0.3 is 0 Å². The molecular formula is C14H24BrN3S. The Morgan fingerprint density at radius 2 is 2.26 bits per heavy atom. The highest BCUT2D eigenvalue weighted by Gasteiger charge is 2.29. The van der Waals surface area contributed by atoms with Crippen molar-refractivity contribution in [1.29, 1.82) is 0 Å². The Bertz CT molecular complexity index is 401. The van der Waals surface area contributed by atoms with Crippen LogP contribution >= 0.6 is 27.3 Å². The number of rotatable bonds is 4. The van der Waals surface area contributed by atoms with Gasteiger partial charge in [0.25, 0.3) is 0 Å². The van der Waals surface area contributed by atoms with Gasteiger partial charge in [-0.25, -0.2) is 0 Å². The summed E-state index contributed by atoms with van der Waals surface area (Å²) in [6.07, 6.45) is 1.21. The number of piperazine rings is 1. The van der Waals surface area contributed by atoms with Gasteiger partial charge in [0.05, 0.1) is 6.04 Å². The van der Waals surface area contributed by atoms with E-state index in [2.05, 4.69) is 52.7 Å².